The van der Waals surface area contributed by atoms with Crippen molar-refractivity contribution in [1.29, 1.82) is 0 Å². The van der Waals surface area contributed by atoms with E-state index in [9.17, 15) is 9.59 Å². The van der Waals surface area contributed by atoms with Crippen LogP contribution in [0.2, 0.25) is 0 Å². The second-order valence-corrected chi connectivity index (χ2v) is 7.58. The van der Waals surface area contributed by atoms with Crippen LogP contribution in [0, 0.1) is 5.92 Å². The molecular weight excluding hydrogens is 359 g/mol. The van der Waals surface area contributed by atoms with Crippen LogP contribution in [-0.2, 0) is 14.3 Å². The van der Waals surface area contributed by atoms with Crippen LogP contribution in [0.1, 0.15) is 26.2 Å². The summed E-state index contributed by atoms with van der Waals surface area (Å²) in [5, 5.41) is 12.2. The third-order valence-corrected chi connectivity index (χ3v) is 5.73. The van der Waals surface area contributed by atoms with E-state index >= 15 is 4.39 Å². The molecule has 6 N–H and O–H groups in total. The maximum atomic E-state index is 15.1. The van der Waals surface area contributed by atoms with Crippen LogP contribution in [-0.4, -0.2) is 73.2 Å². The number of nitrogens with one attached hydrogen (secondary N) is 4. The van der Waals surface area contributed by atoms with E-state index in [0.717, 1.165) is 12.8 Å². The maximum absolute atomic E-state index is 15.1. The smallest absolute Gasteiger partial charge is 0.320 e. The molecule has 7 unspecified atom stereocenters. The number of carbonyl (C=O) groups is 2. The van der Waals surface area contributed by atoms with Crippen LogP contribution < -0.4 is 27.0 Å². The highest BCUT2D eigenvalue weighted by Crippen LogP contribution is 2.31. The molecule has 2 bridgehead atoms. The van der Waals surface area contributed by atoms with Crippen molar-refractivity contribution in [3.8, 4) is 0 Å². The molecule has 0 radical (unpaired) electrons. The summed E-state index contributed by atoms with van der Waals surface area (Å²) >= 11 is 0. The van der Waals surface area contributed by atoms with Gasteiger partial charge < -0.3 is 20.5 Å². The number of rotatable bonds is 1. The molecule has 0 aromatic heterocycles. The Labute approximate surface area is 156 Å². The number of carbonyl (C=O) groups excluding carboxylic acids is 2. The van der Waals surface area contributed by atoms with E-state index in [1.807, 2.05) is 6.92 Å². The van der Waals surface area contributed by atoms with Crippen LogP contribution >= 0.6 is 0 Å². The van der Waals surface area contributed by atoms with Gasteiger partial charge in [0.05, 0.1) is 12.0 Å². The second-order valence-electron chi connectivity index (χ2n) is 7.58. The van der Waals surface area contributed by atoms with Crippen molar-refractivity contribution in [2.24, 2.45) is 11.7 Å². The van der Waals surface area contributed by atoms with E-state index in [2.05, 4.69) is 21.3 Å². The Kier molecular flexibility index (Phi) is 5.21. The van der Waals surface area contributed by atoms with Crippen molar-refractivity contribution in [1.82, 2.24) is 26.2 Å². The molecule has 4 aliphatic heterocycles. The van der Waals surface area contributed by atoms with Gasteiger partial charge in [-0.15, -0.1) is 0 Å². The Hall–Kier alpha value is -1.53. The van der Waals surface area contributed by atoms with Gasteiger partial charge in [-0.3, -0.25) is 25.6 Å². The summed E-state index contributed by atoms with van der Waals surface area (Å²) in [6.07, 6.45) is -2.71. The Balaban J connectivity index is 1.66. The number of nitrogens with zero attached hydrogens (tertiary/aromatic N) is 1. The molecule has 0 aliphatic carbocycles. The molecule has 0 spiro atoms. The molecule has 8 atom stereocenters. The number of halogens is 1. The minimum atomic E-state index is -1.47. The zero-order chi connectivity index (χ0) is 19.1. The van der Waals surface area contributed by atoms with Crippen molar-refractivity contribution in [3.05, 3.63) is 0 Å². The lowest BCUT2D eigenvalue weighted by Gasteiger charge is -2.46. The molecule has 3 amide bonds. The number of urea groups is 1. The van der Waals surface area contributed by atoms with E-state index in [1.54, 1.807) is 0 Å². The molecule has 10 nitrogen and oxygen atoms in total. The average Bonchev–Trinajstić information content (AvgIpc) is 2.95. The first-order chi connectivity index (χ1) is 13.0. The Morgan fingerprint density at radius 1 is 1.33 bits per heavy atom. The third-order valence-electron chi connectivity index (χ3n) is 5.73. The zero-order valence-corrected chi connectivity index (χ0v) is 15.2. The van der Waals surface area contributed by atoms with E-state index in [-0.39, 0.29) is 18.7 Å². The zero-order valence-electron chi connectivity index (χ0n) is 15.2. The molecule has 11 heteroatoms. The van der Waals surface area contributed by atoms with Crippen LogP contribution in [0.15, 0.2) is 0 Å². The molecular formula is C16H27FN6O4. The van der Waals surface area contributed by atoms with Gasteiger partial charge in [-0.1, -0.05) is 0 Å². The summed E-state index contributed by atoms with van der Waals surface area (Å²) in [4.78, 5) is 25.9. The number of primary amides is 1. The van der Waals surface area contributed by atoms with Gasteiger partial charge >= 0.3 is 6.03 Å². The summed E-state index contributed by atoms with van der Waals surface area (Å²) in [5.74, 6) is -1.41. The van der Waals surface area contributed by atoms with Crippen molar-refractivity contribution in [2.45, 2.75) is 69.3 Å². The van der Waals surface area contributed by atoms with Crippen LogP contribution in [0.4, 0.5) is 9.18 Å². The summed E-state index contributed by atoms with van der Waals surface area (Å²) < 4.78 is 27.0. The number of nitrogens with two attached hydrogens (primary N) is 1. The van der Waals surface area contributed by atoms with Crippen molar-refractivity contribution in [3.63, 3.8) is 0 Å². The number of ether oxygens (including phenoxy) is 2. The van der Waals surface area contributed by atoms with Gasteiger partial charge in [-0.05, 0) is 26.2 Å². The van der Waals surface area contributed by atoms with E-state index in [1.165, 1.54) is 4.90 Å². The predicted octanol–water partition coefficient (Wildman–Crippen LogP) is -1.52. The lowest BCUT2D eigenvalue weighted by molar-refractivity contribution is -0.150. The molecule has 4 rings (SSSR count). The molecule has 4 aliphatic rings. The first kappa shape index (κ1) is 18.8. The predicted molar refractivity (Wildman–Crippen MR) is 91.5 cm³/mol. The Morgan fingerprint density at radius 3 is 2.93 bits per heavy atom. The van der Waals surface area contributed by atoms with Gasteiger partial charge in [-0.25, -0.2) is 9.18 Å². The van der Waals surface area contributed by atoms with Gasteiger partial charge in [0.25, 0.3) is 0 Å². The van der Waals surface area contributed by atoms with Gasteiger partial charge in [0, 0.05) is 13.3 Å². The molecule has 4 heterocycles. The first-order valence-corrected chi connectivity index (χ1v) is 9.48. The van der Waals surface area contributed by atoms with E-state index in [4.69, 9.17) is 15.2 Å². The van der Waals surface area contributed by atoms with Gasteiger partial charge in [0.1, 0.15) is 37.0 Å². The number of hydrogen-bond acceptors (Lipinski definition) is 7. The number of alkyl halides is 1. The van der Waals surface area contributed by atoms with Crippen LogP contribution in [0.3, 0.4) is 0 Å². The minimum absolute atomic E-state index is 0.0993. The fraction of sp³-hybridized carbons (Fsp3) is 0.875. The standard InChI is InChI=1S/C16H27FN6O4/c1-7-3-2-4-26-15-10-12(19-6-20-15)21-16(25)23(10)13-9(17)5-8(11(18)24)14(22-13)27-7/h7-10,12-15,19-20,22H,2-6H2,1H3,(H2,18,24)(H,21,25)/t7-,8?,9?,10?,12?,13?,14?,15?/m1/s1. The van der Waals surface area contributed by atoms with Gasteiger partial charge in [-0.2, -0.15) is 0 Å². The number of fused-ring (bicyclic) bond motifs is 3. The lowest BCUT2D eigenvalue weighted by atomic mass is 9.92. The summed E-state index contributed by atoms with van der Waals surface area (Å²) in [7, 11) is 0. The molecule has 152 valence electrons. The number of piperidine rings is 1. The Morgan fingerprint density at radius 2 is 2.15 bits per heavy atom. The normalized spacial score (nSPS) is 45.3. The molecule has 27 heavy (non-hydrogen) atoms. The van der Waals surface area contributed by atoms with Crippen LogP contribution in [0.5, 0.6) is 0 Å². The fourth-order valence-corrected chi connectivity index (χ4v) is 4.38. The summed E-state index contributed by atoms with van der Waals surface area (Å²) in [5.41, 5.74) is 5.48. The van der Waals surface area contributed by atoms with E-state index < -0.39 is 48.7 Å². The molecule has 0 aromatic rings. The topological polar surface area (TPSA) is 130 Å². The summed E-state index contributed by atoms with van der Waals surface area (Å²) in [6.45, 7) is 2.85. The minimum Gasteiger partial charge on any atom is -0.369 e. The maximum Gasteiger partial charge on any atom is 0.320 e. The number of amides is 3. The molecule has 4 saturated heterocycles. The number of hydrogen-bond donors (Lipinski definition) is 5. The summed E-state index contributed by atoms with van der Waals surface area (Å²) in [6, 6.07) is -0.832. The molecule has 4 fully saturated rings. The third kappa shape index (κ3) is 3.49. The van der Waals surface area contributed by atoms with Crippen molar-refractivity contribution >= 4 is 11.9 Å². The van der Waals surface area contributed by atoms with Gasteiger partial charge in [0.15, 0.2) is 0 Å². The largest absolute Gasteiger partial charge is 0.369 e. The van der Waals surface area contributed by atoms with E-state index in [0.29, 0.717) is 13.3 Å². The SMILES string of the molecule is C[C@@H]1CCCOC2NCNC3NC(=O)N(C4NC(O1)C(C(N)=O)CC4F)C32. The average molecular weight is 386 g/mol. The first-order valence-electron chi connectivity index (χ1n) is 9.48. The highest BCUT2D eigenvalue weighted by Gasteiger charge is 2.54. The Bertz CT molecular complexity index is 597. The quantitative estimate of drug-likeness (QED) is 0.370. The van der Waals surface area contributed by atoms with Gasteiger partial charge in [0.2, 0.25) is 5.91 Å². The lowest BCUT2D eigenvalue weighted by Crippen LogP contribution is -2.70. The highest BCUT2D eigenvalue weighted by atomic mass is 19.1. The molecule has 0 saturated carbocycles. The molecule has 0 aromatic carbocycles. The van der Waals surface area contributed by atoms with Crippen molar-refractivity contribution < 1.29 is 23.5 Å². The fourth-order valence-electron chi connectivity index (χ4n) is 4.38. The van der Waals surface area contributed by atoms with Crippen molar-refractivity contribution in [2.75, 3.05) is 13.3 Å². The second kappa shape index (κ2) is 7.47. The highest BCUT2D eigenvalue weighted by molar-refractivity contribution is 5.79. The van der Waals surface area contributed by atoms with Crippen LogP contribution in [0.25, 0.3) is 0 Å². The monoisotopic (exact) mass is 386 g/mol.